The van der Waals surface area contributed by atoms with Crippen molar-refractivity contribution in [2.24, 2.45) is 0 Å². The molecule has 1 saturated heterocycles. The molecule has 1 aliphatic heterocycles. The molecule has 1 amide bonds. The highest BCUT2D eigenvalue weighted by Gasteiger charge is 2.22. The monoisotopic (exact) mass is 304 g/mol. The van der Waals surface area contributed by atoms with Crippen molar-refractivity contribution in [3.63, 3.8) is 0 Å². The minimum Gasteiger partial charge on any atom is -0.497 e. The zero-order chi connectivity index (χ0) is 15.9. The van der Waals surface area contributed by atoms with Gasteiger partial charge in [0, 0.05) is 25.6 Å². The van der Waals surface area contributed by atoms with Crippen molar-refractivity contribution < 1.29 is 9.53 Å². The molecule has 1 unspecified atom stereocenters. The van der Waals surface area contributed by atoms with E-state index in [1.807, 2.05) is 18.2 Å². The number of benzene rings is 1. The second-order valence-corrected chi connectivity index (χ2v) is 6.30. The molecule has 122 valence electrons. The molecule has 1 aliphatic rings. The number of ether oxygens (including phenoxy) is 1. The van der Waals surface area contributed by atoms with Gasteiger partial charge in [-0.15, -0.1) is 0 Å². The van der Waals surface area contributed by atoms with Gasteiger partial charge in [-0.2, -0.15) is 0 Å². The Morgan fingerprint density at radius 3 is 2.91 bits per heavy atom. The van der Waals surface area contributed by atoms with Crippen LogP contribution in [-0.4, -0.2) is 56.0 Å². The van der Waals surface area contributed by atoms with Gasteiger partial charge in [-0.1, -0.05) is 18.6 Å². The molecule has 0 aliphatic carbocycles. The van der Waals surface area contributed by atoms with Crippen LogP contribution in [0.3, 0.4) is 0 Å². The summed E-state index contributed by atoms with van der Waals surface area (Å²) in [7, 11) is 5.88. The Kier molecular flexibility index (Phi) is 6.25. The van der Waals surface area contributed by atoms with E-state index in [9.17, 15) is 4.79 Å². The molecular weight excluding hydrogens is 276 g/mol. The average molecular weight is 304 g/mol. The van der Waals surface area contributed by atoms with E-state index in [2.05, 4.69) is 30.0 Å². The van der Waals surface area contributed by atoms with Crippen molar-refractivity contribution in [1.82, 2.24) is 9.80 Å². The Morgan fingerprint density at radius 2 is 2.18 bits per heavy atom. The first-order valence-corrected chi connectivity index (χ1v) is 8.17. The topological polar surface area (TPSA) is 32.8 Å². The molecule has 2 rings (SSSR count). The van der Waals surface area contributed by atoms with Gasteiger partial charge in [-0.05, 0) is 51.1 Å². The van der Waals surface area contributed by atoms with Gasteiger partial charge in [0.2, 0.25) is 5.91 Å². The summed E-state index contributed by atoms with van der Waals surface area (Å²) in [5.74, 6) is 1.13. The molecular formula is C18H28N2O2. The molecule has 22 heavy (non-hydrogen) atoms. The van der Waals surface area contributed by atoms with Gasteiger partial charge in [-0.3, -0.25) is 4.79 Å². The minimum atomic E-state index is 0.275. The zero-order valence-electron chi connectivity index (χ0n) is 14.0. The molecule has 1 fully saturated rings. The molecule has 0 radical (unpaired) electrons. The highest BCUT2D eigenvalue weighted by atomic mass is 16.5. The highest BCUT2D eigenvalue weighted by Crippen LogP contribution is 2.17. The van der Waals surface area contributed by atoms with E-state index in [0.29, 0.717) is 12.5 Å². The van der Waals surface area contributed by atoms with E-state index >= 15 is 0 Å². The number of carbonyl (C=O) groups is 1. The van der Waals surface area contributed by atoms with Crippen molar-refractivity contribution in [2.45, 2.75) is 38.1 Å². The van der Waals surface area contributed by atoms with Gasteiger partial charge < -0.3 is 14.5 Å². The molecule has 1 aromatic carbocycles. The Hall–Kier alpha value is -1.55. The van der Waals surface area contributed by atoms with Crippen LogP contribution in [-0.2, 0) is 11.2 Å². The summed E-state index contributed by atoms with van der Waals surface area (Å²) in [6.07, 6.45) is 4.87. The Labute approximate surface area is 134 Å². The van der Waals surface area contributed by atoms with E-state index in [1.54, 1.807) is 7.11 Å². The van der Waals surface area contributed by atoms with Gasteiger partial charge in [0.1, 0.15) is 5.75 Å². The third-order valence-electron chi connectivity index (χ3n) is 4.49. The summed E-state index contributed by atoms with van der Waals surface area (Å²) < 4.78 is 5.23. The number of rotatable bonds is 5. The summed E-state index contributed by atoms with van der Waals surface area (Å²) in [6, 6.07) is 8.47. The summed E-state index contributed by atoms with van der Waals surface area (Å²) in [5, 5.41) is 0. The number of methoxy groups -OCH3 is 1. The smallest absolute Gasteiger partial charge is 0.222 e. The lowest BCUT2D eigenvalue weighted by molar-refractivity contribution is -0.131. The van der Waals surface area contributed by atoms with E-state index < -0.39 is 0 Å². The maximum absolute atomic E-state index is 12.5. The number of likely N-dealkylation sites (N-methyl/N-ethyl adjacent to an activating group) is 1. The standard InChI is InChI=1S/C18H28N2O2/c1-19(2)16-8-4-5-12-20(14-16)18(21)11-10-15-7-6-9-17(13-15)22-3/h6-7,9,13,16H,4-5,8,10-12,14H2,1-3H3. The molecule has 0 bridgehead atoms. The number of nitrogens with zero attached hydrogens (tertiary/aromatic N) is 2. The van der Waals surface area contributed by atoms with E-state index in [0.717, 1.165) is 37.2 Å². The molecule has 1 aromatic rings. The van der Waals surface area contributed by atoms with Crippen LogP contribution in [0.1, 0.15) is 31.2 Å². The van der Waals surface area contributed by atoms with Crippen LogP contribution in [0.4, 0.5) is 0 Å². The molecule has 0 N–H and O–H groups in total. The van der Waals surface area contributed by atoms with Crippen molar-refractivity contribution in [2.75, 3.05) is 34.3 Å². The predicted molar refractivity (Wildman–Crippen MR) is 89.2 cm³/mol. The molecule has 0 aromatic heterocycles. The van der Waals surface area contributed by atoms with Gasteiger partial charge in [0.25, 0.3) is 0 Å². The van der Waals surface area contributed by atoms with Crippen molar-refractivity contribution in [3.8, 4) is 5.75 Å². The second kappa shape index (κ2) is 8.18. The maximum Gasteiger partial charge on any atom is 0.222 e. The Bertz CT molecular complexity index is 488. The quantitative estimate of drug-likeness (QED) is 0.838. The highest BCUT2D eigenvalue weighted by molar-refractivity contribution is 5.76. The lowest BCUT2D eigenvalue weighted by Gasteiger charge is -2.28. The van der Waals surface area contributed by atoms with Gasteiger partial charge in [0.05, 0.1) is 7.11 Å². The molecule has 1 heterocycles. The number of aryl methyl sites for hydroxylation is 1. The summed E-state index contributed by atoms with van der Waals surface area (Å²) in [5.41, 5.74) is 1.16. The predicted octanol–water partition coefficient (Wildman–Crippen LogP) is 2.57. The van der Waals surface area contributed by atoms with Crippen LogP contribution in [0, 0.1) is 0 Å². The fourth-order valence-corrected chi connectivity index (χ4v) is 3.00. The zero-order valence-corrected chi connectivity index (χ0v) is 14.0. The fraction of sp³-hybridized carbons (Fsp3) is 0.611. The molecule has 0 saturated carbocycles. The van der Waals surface area contributed by atoms with Crippen LogP contribution >= 0.6 is 0 Å². The first-order valence-electron chi connectivity index (χ1n) is 8.17. The summed E-state index contributed by atoms with van der Waals surface area (Å²) >= 11 is 0. The maximum atomic E-state index is 12.5. The van der Waals surface area contributed by atoms with Crippen molar-refractivity contribution in [1.29, 1.82) is 0 Å². The third kappa shape index (κ3) is 4.73. The van der Waals surface area contributed by atoms with Crippen molar-refractivity contribution >= 4 is 5.91 Å². The van der Waals surface area contributed by atoms with E-state index in [-0.39, 0.29) is 5.91 Å². The van der Waals surface area contributed by atoms with E-state index in [4.69, 9.17) is 4.74 Å². The first kappa shape index (κ1) is 16.8. The molecule has 1 atom stereocenters. The average Bonchev–Trinajstić information content (AvgIpc) is 2.79. The van der Waals surface area contributed by atoms with Crippen LogP contribution < -0.4 is 4.74 Å². The minimum absolute atomic E-state index is 0.275. The SMILES string of the molecule is COc1cccc(CCC(=O)N2CCCCC(N(C)C)C2)c1. The first-order chi connectivity index (χ1) is 10.6. The van der Waals surface area contributed by atoms with Crippen molar-refractivity contribution in [3.05, 3.63) is 29.8 Å². The van der Waals surface area contributed by atoms with Gasteiger partial charge in [0.15, 0.2) is 0 Å². The van der Waals surface area contributed by atoms with E-state index in [1.165, 1.54) is 12.8 Å². The second-order valence-electron chi connectivity index (χ2n) is 6.30. The molecule has 0 spiro atoms. The summed E-state index contributed by atoms with van der Waals surface area (Å²) in [6.45, 7) is 1.77. The fourth-order valence-electron chi connectivity index (χ4n) is 3.00. The lowest BCUT2D eigenvalue weighted by atomic mass is 10.1. The Balaban J connectivity index is 1.90. The van der Waals surface area contributed by atoms with Gasteiger partial charge >= 0.3 is 0 Å². The van der Waals surface area contributed by atoms with Crippen LogP contribution in [0.25, 0.3) is 0 Å². The van der Waals surface area contributed by atoms with Crippen LogP contribution in [0.2, 0.25) is 0 Å². The van der Waals surface area contributed by atoms with Crippen LogP contribution in [0.15, 0.2) is 24.3 Å². The Morgan fingerprint density at radius 1 is 1.36 bits per heavy atom. The lowest BCUT2D eigenvalue weighted by Crippen LogP contribution is -2.42. The molecule has 4 nitrogen and oxygen atoms in total. The number of carbonyl (C=O) groups excluding carboxylic acids is 1. The third-order valence-corrected chi connectivity index (χ3v) is 4.49. The largest absolute Gasteiger partial charge is 0.497 e. The number of amides is 1. The number of hydrogen-bond acceptors (Lipinski definition) is 3. The molecule has 4 heteroatoms. The normalized spacial score (nSPS) is 19.1. The number of likely N-dealkylation sites (tertiary alicyclic amines) is 1. The number of hydrogen-bond donors (Lipinski definition) is 0. The summed E-state index contributed by atoms with van der Waals surface area (Å²) in [4.78, 5) is 16.8. The van der Waals surface area contributed by atoms with Crippen LogP contribution in [0.5, 0.6) is 5.75 Å². The van der Waals surface area contributed by atoms with Gasteiger partial charge in [-0.25, -0.2) is 0 Å².